The molecule has 14 heavy (non-hydrogen) atoms. The number of rotatable bonds is 1. The summed E-state index contributed by atoms with van der Waals surface area (Å²) >= 11 is 10.3. The van der Waals surface area contributed by atoms with Gasteiger partial charge in [-0.1, -0.05) is 17.3 Å². The van der Waals surface area contributed by atoms with Crippen LogP contribution in [-0.4, -0.2) is 11.4 Å². The first kappa shape index (κ1) is 11.2. The molecule has 0 spiro atoms. The van der Waals surface area contributed by atoms with Crippen LogP contribution in [0.5, 0.6) is 0 Å². The highest BCUT2D eigenvalue weighted by Crippen LogP contribution is 2.34. The second kappa shape index (κ2) is 3.68. The van der Waals surface area contributed by atoms with E-state index < -0.39 is 27.6 Å². The van der Waals surface area contributed by atoms with E-state index in [-0.39, 0.29) is 0 Å². The van der Waals surface area contributed by atoms with Crippen molar-refractivity contribution in [2.45, 2.75) is 6.18 Å². The van der Waals surface area contributed by atoms with Crippen molar-refractivity contribution in [3.8, 4) is 0 Å². The molecule has 0 fully saturated rings. The van der Waals surface area contributed by atoms with Crippen LogP contribution in [0.25, 0.3) is 0 Å². The minimum Gasteiger partial charge on any atom is -0.276 e. The molecule has 0 unspecified atom stereocenters. The molecule has 74 valence electrons. The molecular formula is C8HCl2F3O. The van der Waals surface area contributed by atoms with E-state index in [1.807, 2.05) is 5.73 Å². The van der Waals surface area contributed by atoms with E-state index in [1.54, 1.807) is 0 Å². The Labute approximate surface area is 86.8 Å². The minimum absolute atomic E-state index is 0.486. The van der Waals surface area contributed by atoms with Gasteiger partial charge in [0.05, 0.1) is 11.1 Å². The van der Waals surface area contributed by atoms with Crippen molar-refractivity contribution in [3.63, 3.8) is 0 Å². The number of alkyl halides is 3. The summed E-state index contributed by atoms with van der Waals surface area (Å²) in [6, 6.07) is 0. The fraction of sp³-hybridized carbons (Fsp3) is 0.125. The molecule has 1 aliphatic carbocycles. The van der Waals surface area contributed by atoms with Gasteiger partial charge < -0.3 is 0 Å². The van der Waals surface area contributed by atoms with Crippen molar-refractivity contribution in [2.75, 3.05) is 0 Å². The van der Waals surface area contributed by atoms with E-state index in [9.17, 15) is 18.0 Å². The molecule has 1 nitrogen and oxygen atoms in total. The summed E-state index contributed by atoms with van der Waals surface area (Å²) in [5, 5.41) is -1.76. The third-order valence-electron chi connectivity index (χ3n) is 1.39. The predicted molar refractivity (Wildman–Crippen MR) is 44.9 cm³/mol. The molecule has 0 heterocycles. The smallest absolute Gasteiger partial charge is 0.276 e. The number of hydrogen-bond donors (Lipinski definition) is 0. The van der Waals surface area contributed by atoms with Gasteiger partial charge in [-0.05, 0) is 17.3 Å². The summed E-state index contributed by atoms with van der Waals surface area (Å²) in [5.74, 6) is 0. The van der Waals surface area contributed by atoms with Crippen LogP contribution in [0.2, 0.25) is 0 Å². The van der Waals surface area contributed by atoms with Crippen molar-refractivity contribution in [3.05, 3.63) is 33.7 Å². The second-order valence-electron chi connectivity index (χ2n) is 2.29. The van der Waals surface area contributed by atoms with Crippen LogP contribution < -0.4 is 0 Å². The summed E-state index contributed by atoms with van der Waals surface area (Å²) in [5.41, 5.74) is 2.17. The standard InChI is InChI=1S/C8HCl2F3O/c9-5-3-1-2-4(8(11,12)13)6(5)7(10)14/h2H. The minimum atomic E-state index is -4.69. The fourth-order valence-corrected chi connectivity index (χ4v) is 1.33. The Hall–Kier alpha value is -0.920. The summed E-state index contributed by atoms with van der Waals surface area (Å²) < 4.78 is 36.9. The van der Waals surface area contributed by atoms with Crippen LogP contribution >= 0.6 is 23.2 Å². The lowest BCUT2D eigenvalue weighted by atomic mass is 10.1. The second-order valence-corrected chi connectivity index (χ2v) is 3.01. The van der Waals surface area contributed by atoms with Crippen molar-refractivity contribution in [2.24, 2.45) is 0 Å². The van der Waals surface area contributed by atoms with E-state index in [0.717, 1.165) is 0 Å². The van der Waals surface area contributed by atoms with Crippen molar-refractivity contribution >= 4 is 28.4 Å². The lowest BCUT2D eigenvalue weighted by Gasteiger charge is -2.11. The first-order chi connectivity index (χ1) is 6.34. The lowest BCUT2D eigenvalue weighted by Crippen LogP contribution is -2.16. The Morgan fingerprint density at radius 3 is 2.36 bits per heavy atom. The quantitative estimate of drug-likeness (QED) is 0.509. The number of allylic oxidation sites excluding steroid dienone is 4. The highest BCUT2D eigenvalue weighted by Gasteiger charge is 2.37. The van der Waals surface area contributed by atoms with E-state index in [2.05, 4.69) is 5.73 Å². The Bertz CT molecular complexity index is 418. The Balaban J connectivity index is 3.40. The van der Waals surface area contributed by atoms with Crippen LogP contribution in [0.3, 0.4) is 0 Å². The van der Waals surface area contributed by atoms with E-state index >= 15 is 0 Å². The highest BCUT2D eigenvalue weighted by atomic mass is 35.5. The van der Waals surface area contributed by atoms with Crippen LogP contribution in [0.15, 0.2) is 33.7 Å². The van der Waals surface area contributed by atoms with Gasteiger partial charge in [0.2, 0.25) is 0 Å². The molecule has 0 radical (unpaired) electrons. The molecule has 0 aromatic carbocycles. The Morgan fingerprint density at radius 2 is 2.00 bits per heavy atom. The third-order valence-corrected chi connectivity index (χ3v) is 1.86. The maximum absolute atomic E-state index is 12.3. The molecule has 0 atom stereocenters. The lowest BCUT2D eigenvalue weighted by molar-refractivity contribution is -0.110. The highest BCUT2D eigenvalue weighted by molar-refractivity contribution is 6.69. The first-order valence-electron chi connectivity index (χ1n) is 3.23. The average molecular weight is 241 g/mol. The van der Waals surface area contributed by atoms with Crippen molar-refractivity contribution < 1.29 is 18.0 Å². The SMILES string of the molecule is O=C(Cl)C1=C(C(F)(F)F)C=C=C=C1Cl. The van der Waals surface area contributed by atoms with Crippen molar-refractivity contribution in [1.82, 2.24) is 0 Å². The van der Waals surface area contributed by atoms with Gasteiger partial charge in [0.1, 0.15) is 5.03 Å². The molecule has 6 heteroatoms. The van der Waals surface area contributed by atoms with Crippen LogP contribution in [0.4, 0.5) is 13.2 Å². The topological polar surface area (TPSA) is 17.1 Å². The summed E-state index contributed by atoms with van der Waals surface area (Å²) in [6.45, 7) is 0. The first-order valence-corrected chi connectivity index (χ1v) is 3.98. The van der Waals surface area contributed by atoms with Crippen LogP contribution in [-0.2, 0) is 4.79 Å². The van der Waals surface area contributed by atoms with Crippen LogP contribution in [0.1, 0.15) is 0 Å². The maximum Gasteiger partial charge on any atom is 0.417 e. The molecule has 1 rings (SSSR count). The number of hydrogen-bond acceptors (Lipinski definition) is 1. The van der Waals surface area contributed by atoms with E-state index in [0.29, 0.717) is 6.08 Å². The number of carbonyl (C=O) groups is 1. The molecule has 0 aromatic rings. The van der Waals surface area contributed by atoms with Crippen molar-refractivity contribution in [1.29, 1.82) is 0 Å². The van der Waals surface area contributed by atoms with Gasteiger partial charge in [-0.2, -0.15) is 13.2 Å². The molecule has 1 aliphatic rings. The average Bonchev–Trinajstić information content (AvgIpc) is 2.01. The van der Waals surface area contributed by atoms with Crippen LogP contribution in [0, 0.1) is 0 Å². The zero-order chi connectivity index (χ0) is 10.9. The van der Waals surface area contributed by atoms with Gasteiger partial charge in [-0.25, -0.2) is 0 Å². The molecule has 0 saturated heterocycles. The van der Waals surface area contributed by atoms with Gasteiger partial charge >= 0.3 is 6.18 Å². The molecule has 0 aliphatic heterocycles. The largest absolute Gasteiger partial charge is 0.417 e. The Kier molecular flexibility index (Phi) is 2.93. The molecule has 0 saturated carbocycles. The monoisotopic (exact) mass is 240 g/mol. The summed E-state index contributed by atoms with van der Waals surface area (Å²) in [4.78, 5) is 10.7. The molecule has 0 amide bonds. The zero-order valence-corrected chi connectivity index (χ0v) is 7.89. The predicted octanol–water partition coefficient (Wildman–Crippen LogP) is 3.06. The number of carbonyl (C=O) groups excluding carboxylic acids is 1. The third kappa shape index (κ3) is 2.11. The molecule has 0 aromatic heterocycles. The molecular weight excluding hydrogens is 240 g/mol. The van der Waals surface area contributed by atoms with Gasteiger partial charge in [-0.3, -0.25) is 4.79 Å². The van der Waals surface area contributed by atoms with E-state index in [4.69, 9.17) is 23.2 Å². The van der Waals surface area contributed by atoms with Gasteiger partial charge in [0, 0.05) is 6.08 Å². The van der Waals surface area contributed by atoms with Gasteiger partial charge in [-0.15, -0.1) is 0 Å². The van der Waals surface area contributed by atoms with Gasteiger partial charge in [0.15, 0.2) is 0 Å². The normalized spacial score (nSPS) is 15.9. The Morgan fingerprint density at radius 1 is 1.43 bits per heavy atom. The molecule has 0 N–H and O–H groups in total. The maximum atomic E-state index is 12.3. The fourth-order valence-electron chi connectivity index (χ4n) is 0.840. The zero-order valence-electron chi connectivity index (χ0n) is 6.38. The van der Waals surface area contributed by atoms with Gasteiger partial charge in [0.25, 0.3) is 5.24 Å². The number of halogens is 5. The summed E-state index contributed by atoms with van der Waals surface area (Å²) in [7, 11) is 0. The molecule has 0 bridgehead atoms. The van der Waals surface area contributed by atoms with E-state index in [1.165, 1.54) is 0 Å². The summed E-state index contributed by atoms with van der Waals surface area (Å²) in [6.07, 6.45) is -4.11.